The van der Waals surface area contributed by atoms with Gasteiger partial charge < -0.3 is 9.84 Å². The van der Waals surface area contributed by atoms with Crippen molar-refractivity contribution in [3.8, 4) is 0 Å². The smallest absolute Gasteiger partial charge is 0.368 e. The molecular weight excluding hydrogens is 278 g/mol. The van der Waals surface area contributed by atoms with Crippen molar-refractivity contribution in [2.24, 2.45) is 0 Å². The minimum Gasteiger partial charge on any atom is -0.368 e. The van der Waals surface area contributed by atoms with Crippen LogP contribution >= 0.6 is 0 Å². The Morgan fingerprint density at radius 2 is 1.42 bits per heavy atom. The van der Waals surface area contributed by atoms with E-state index in [0.29, 0.717) is 12.1 Å². The SMILES string of the molecule is CC(O)OCc1cc(C(F)(F)F)cc(C(F)(F)F)c1. The Morgan fingerprint density at radius 1 is 1.00 bits per heavy atom. The van der Waals surface area contributed by atoms with Gasteiger partial charge in [0.05, 0.1) is 17.7 Å². The van der Waals surface area contributed by atoms with E-state index in [4.69, 9.17) is 5.11 Å². The van der Waals surface area contributed by atoms with Crippen molar-refractivity contribution in [1.29, 1.82) is 0 Å². The number of hydrogen-bond acceptors (Lipinski definition) is 2. The van der Waals surface area contributed by atoms with Crippen molar-refractivity contribution < 1.29 is 36.2 Å². The molecular formula is C11H10F6O2. The summed E-state index contributed by atoms with van der Waals surface area (Å²) >= 11 is 0. The van der Waals surface area contributed by atoms with E-state index in [1.54, 1.807) is 0 Å². The Balaban J connectivity index is 3.17. The normalized spacial score (nSPS) is 14.5. The molecule has 0 bridgehead atoms. The summed E-state index contributed by atoms with van der Waals surface area (Å²) in [6.45, 7) is 0.642. The molecule has 108 valence electrons. The van der Waals surface area contributed by atoms with Crippen molar-refractivity contribution in [2.45, 2.75) is 32.2 Å². The monoisotopic (exact) mass is 288 g/mol. The quantitative estimate of drug-likeness (QED) is 0.680. The lowest BCUT2D eigenvalue weighted by atomic mass is 10.1. The topological polar surface area (TPSA) is 29.5 Å². The zero-order valence-corrected chi connectivity index (χ0v) is 9.64. The average molecular weight is 288 g/mol. The molecule has 0 aromatic heterocycles. The molecule has 0 saturated heterocycles. The number of rotatable bonds is 3. The predicted octanol–water partition coefficient (Wildman–Crippen LogP) is 3.58. The summed E-state index contributed by atoms with van der Waals surface area (Å²) in [7, 11) is 0. The third-order valence-electron chi connectivity index (χ3n) is 2.14. The first-order chi connectivity index (χ1) is 8.50. The maximum absolute atomic E-state index is 12.5. The Hall–Kier alpha value is -1.28. The predicted molar refractivity (Wildman–Crippen MR) is 52.9 cm³/mol. The van der Waals surface area contributed by atoms with E-state index >= 15 is 0 Å². The minimum absolute atomic E-state index is 0.0336. The lowest BCUT2D eigenvalue weighted by Gasteiger charge is -2.14. The van der Waals surface area contributed by atoms with E-state index in [2.05, 4.69) is 4.74 Å². The summed E-state index contributed by atoms with van der Waals surface area (Å²) in [5.74, 6) is 0. The summed E-state index contributed by atoms with van der Waals surface area (Å²) in [5.41, 5.74) is -3.14. The number of aliphatic hydroxyl groups excluding tert-OH is 1. The van der Waals surface area contributed by atoms with Crippen LogP contribution in [0.2, 0.25) is 0 Å². The third kappa shape index (κ3) is 4.71. The molecule has 0 radical (unpaired) electrons. The molecule has 0 saturated carbocycles. The summed E-state index contributed by atoms with van der Waals surface area (Å²) in [4.78, 5) is 0. The molecule has 0 aliphatic heterocycles. The first-order valence-electron chi connectivity index (χ1n) is 5.08. The van der Waals surface area contributed by atoms with E-state index < -0.39 is 36.4 Å². The van der Waals surface area contributed by atoms with Gasteiger partial charge in [0.15, 0.2) is 6.29 Å². The van der Waals surface area contributed by atoms with Crippen molar-refractivity contribution in [3.05, 3.63) is 34.9 Å². The van der Waals surface area contributed by atoms with Gasteiger partial charge in [-0.2, -0.15) is 26.3 Å². The third-order valence-corrected chi connectivity index (χ3v) is 2.14. The number of ether oxygens (including phenoxy) is 1. The molecule has 0 spiro atoms. The molecule has 0 fully saturated rings. The van der Waals surface area contributed by atoms with Gasteiger partial charge in [0.2, 0.25) is 0 Å². The minimum atomic E-state index is -4.89. The van der Waals surface area contributed by atoms with Crippen LogP contribution in [0.1, 0.15) is 23.6 Å². The standard InChI is InChI=1S/C11H10F6O2/c1-6(18)19-5-7-2-8(10(12,13)14)4-9(3-7)11(15,16)17/h2-4,6,18H,5H2,1H3. The van der Waals surface area contributed by atoms with Gasteiger partial charge in [0.1, 0.15) is 0 Å². The van der Waals surface area contributed by atoms with Crippen LogP contribution < -0.4 is 0 Å². The summed E-state index contributed by atoms with van der Waals surface area (Å²) < 4.78 is 79.4. The van der Waals surface area contributed by atoms with Crippen molar-refractivity contribution >= 4 is 0 Å². The lowest BCUT2D eigenvalue weighted by molar-refractivity contribution is -0.143. The van der Waals surface area contributed by atoms with Crippen molar-refractivity contribution in [3.63, 3.8) is 0 Å². The molecule has 1 rings (SSSR count). The van der Waals surface area contributed by atoms with E-state index in [1.165, 1.54) is 6.92 Å². The number of benzene rings is 1. The highest BCUT2D eigenvalue weighted by Crippen LogP contribution is 2.36. The second-order valence-electron chi connectivity index (χ2n) is 3.82. The van der Waals surface area contributed by atoms with Crippen LogP contribution in [0.5, 0.6) is 0 Å². The molecule has 2 nitrogen and oxygen atoms in total. The molecule has 1 aromatic rings. The molecule has 1 aromatic carbocycles. The Morgan fingerprint density at radius 3 is 1.74 bits per heavy atom. The summed E-state index contributed by atoms with van der Waals surface area (Å²) in [5, 5.41) is 8.81. The van der Waals surface area contributed by atoms with E-state index in [0.717, 1.165) is 0 Å². The van der Waals surface area contributed by atoms with Crippen LogP contribution in [0.25, 0.3) is 0 Å². The first-order valence-corrected chi connectivity index (χ1v) is 5.08. The first kappa shape index (κ1) is 15.8. The highest BCUT2D eigenvalue weighted by atomic mass is 19.4. The summed E-state index contributed by atoms with van der Waals surface area (Å²) in [6, 6.07) is 1.14. The molecule has 1 atom stereocenters. The van der Waals surface area contributed by atoms with Gasteiger partial charge in [-0.1, -0.05) is 0 Å². The molecule has 0 amide bonds. The van der Waals surface area contributed by atoms with Gasteiger partial charge in [-0.25, -0.2) is 0 Å². The van der Waals surface area contributed by atoms with Gasteiger partial charge >= 0.3 is 12.4 Å². The van der Waals surface area contributed by atoms with Crippen molar-refractivity contribution in [2.75, 3.05) is 0 Å². The molecule has 1 N–H and O–H groups in total. The molecule has 1 unspecified atom stereocenters. The van der Waals surface area contributed by atoms with E-state index in [1.807, 2.05) is 0 Å². The fourth-order valence-corrected chi connectivity index (χ4v) is 1.32. The maximum Gasteiger partial charge on any atom is 0.416 e. The fraction of sp³-hybridized carbons (Fsp3) is 0.455. The van der Waals surface area contributed by atoms with Crippen LogP contribution in [0.4, 0.5) is 26.3 Å². The number of alkyl halides is 6. The van der Waals surface area contributed by atoms with Gasteiger partial charge in [-0.05, 0) is 30.7 Å². The van der Waals surface area contributed by atoms with Crippen LogP contribution in [0, 0.1) is 0 Å². The van der Waals surface area contributed by atoms with Gasteiger partial charge in [-0.3, -0.25) is 0 Å². The highest BCUT2D eigenvalue weighted by Gasteiger charge is 2.36. The highest BCUT2D eigenvalue weighted by molar-refractivity contribution is 5.33. The average Bonchev–Trinajstić information content (AvgIpc) is 2.23. The van der Waals surface area contributed by atoms with Crippen LogP contribution in [0.3, 0.4) is 0 Å². The Kier molecular flexibility index (Phi) is 4.46. The lowest BCUT2D eigenvalue weighted by Crippen LogP contribution is -2.13. The second-order valence-corrected chi connectivity index (χ2v) is 3.82. The van der Waals surface area contributed by atoms with Crippen molar-refractivity contribution in [1.82, 2.24) is 0 Å². The molecule has 0 aliphatic rings. The zero-order chi connectivity index (χ0) is 14.8. The number of hydrogen-bond donors (Lipinski definition) is 1. The van der Waals surface area contributed by atoms with Crippen LogP contribution in [-0.2, 0) is 23.7 Å². The van der Waals surface area contributed by atoms with Gasteiger partial charge in [-0.15, -0.1) is 0 Å². The van der Waals surface area contributed by atoms with Gasteiger partial charge in [0.25, 0.3) is 0 Å². The Bertz CT molecular complexity index is 404. The van der Waals surface area contributed by atoms with E-state index in [-0.39, 0.29) is 11.6 Å². The largest absolute Gasteiger partial charge is 0.416 e. The molecule has 0 heterocycles. The van der Waals surface area contributed by atoms with Crippen LogP contribution in [-0.4, -0.2) is 11.4 Å². The number of aliphatic hydroxyl groups is 1. The number of halogens is 6. The molecule has 0 aliphatic carbocycles. The maximum atomic E-state index is 12.5. The van der Waals surface area contributed by atoms with Crippen LogP contribution in [0.15, 0.2) is 18.2 Å². The fourth-order valence-electron chi connectivity index (χ4n) is 1.32. The molecule has 8 heteroatoms. The summed E-state index contributed by atoms with van der Waals surface area (Å²) in [6.07, 6.45) is -11.1. The van der Waals surface area contributed by atoms with E-state index in [9.17, 15) is 26.3 Å². The zero-order valence-electron chi connectivity index (χ0n) is 9.64. The second kappa shape index (κ2) is 5.38. The Labute approximate surface area is 104 Å². The van der Waals surface area contributed by atoms with Gasteiger partial charge in [0, 0.05) is 0 Å². The molecule has 19 heavy (non-hydrogen) atoms.